The molecule has 1 fully saturated rings. The van der Waals surface area contributed by atoms with Gasteiger partial charge in [0, 0.05) is 18.7 Å². The lowest BCUT2D eigenvalue weighted by Gasteiger charge is -2.25. The number of Topliss-reactive ketones (excluding diaryl/α,β-unsaturated/α-hetero) is 1. The van der Waals surface area contributed by atoms with Gasteiger partial charge in [0.15, 0.2) is 5.78 Å². The summed E-state index contributed by atoms with van der Waals surface area (Å²) in [6, 6.07) is 0.863. The minimum absolute atomic E-state index is 0.00715. The number of hydrogen-bond donors (Lipinski definition) is 4. The fourth-order valence-electron chi connectivity index (χ4n) is 3.86. The van der Waals surface area contributed by atoms with Crippen LogP contribution in [-0.4, -0.2) is 58.2 Å². The summed E-state index contributed by atoms with van der Waals surface area (Å²) >= 11 is 0. The number of aromatic nitrogens is 1. The van der Waals surface area contributed by atoms with Gasteiger partial charge in [-0.05, 0) is 58.1 Å². The van der Waals surface area contributed by atoms with Crippen molar-refractivity contribution in [3.63, 3.8) is 0 Å². The Morgan fingerprint density at radius 1 is 1.26 bits per heavy atom. The van der Waals surface area contributed by atoms with Crippen LogP contribution in [0.25, 0.3) is 0 Å². The molecule has 194 valence electrons. The number of nitrogens with zero attached hydrogens (tertiary/aromatic N) is 1. The number of anilines is 1. The van der Waals surface area contributed by atoms with Crippen LogP contribution in [0.3, 0.4) is 0 Å². The third-order valence-electron chi connectivity index (χ3n) is 5.49. The van der Waals surface area contributed by atoms with Gasteiger partial charge in [-0.15, -0.1) is 0 Å². The predicted molar refractivity (Wildman–Crippen MR) is 129 cm³/mol. The van der Waals surface area contributed by atoms with E-state index in [0.29, 0.717) is 13.0 Å². The predicted octanol–water partition coefficient (Wildman–Crippen LogP) is 1.35. The normalized spacial score (nSPS) is 17.5. The number of ketones is 1. The molecule has 0 aliphatic carbocycles. The van der Waals surface area contributed by atoms with Gasteiger partial charge in [0.1, 0.15) is 23.9 Å². The lowest BCUT2D eigenvalue weighted by atomic mass is 9.95. The van der Waals surface area contributed by atoms with Gasteiger partial charge >= 0.3 is 6.09 Å². The minimum Gasteiger partial charge on any atom is -0.444 e. The zero-order chi connectivity index (χ0) is 26.3. The van der Waals surface area contributed by atoms with Gasteiger partial charge in [-0.2, -0.15) is 0 Å². The molecule has 1 saturated heterocycles. The topological polar surface area (TPSA) is 156 Å². The van der Waals surface area contributed by atoms with E-state index < -0.39 is 53.6 Å². The molecule has 0 saturated carbocycles. The van der Waals surface area contributed by atoms with E-state index in [0.717, 1.165) is 0 Å². The van der Waals surface area contributed by atoms with Gasteiger partial charge in [-0.1, -0.05) is 13.8 Å². The maximum absolute atomic E-state index is 13.3. The number of amides is 3. The van der Waals surface area contributed by atoms with Crippen molar-refractivity contribution in [2.24, 2.45) is 11.8 Å². The van der Waals surface area contributed by atoms with Gasteiger partial charge in [0.05, 0.1) is 6.04 Å². The van der Waals surface area contributed by atoms with Gasteiger partial charge in [-0.25, -0.2) is 4.79 Å². The summed E-state index contributed by atoms with van der Waals surface area (Å²) in [5.74, 6) is -1.86. The maximum Gasteiger partial charge on any atom is 0.412 e. The van der Waals surface area contributed by atoms with Crippen LogP contribution in [0.1, 0.15) is 59.9 Å². The molecule has 0 spiro atoms. The average Bonchev–Trinajstić information content (AvgIpc) is 3.15. The first-order chi connectivity index (χ1) is 16.3. The van der Waals surface area contributed by atoms with Crippen LogP contribution in [0.2, 0.25) is 0 Å². The van der Waals surface area contributed by atoms with Gasteiger partial charge in [0.2, 0.25) is 11.8 Å². The first-order valence-corrected chi connectivity index (χ1v) is 11.7. The molecule has 0 bridgehead atoms. The molecule has 2 rings (SSSR count). The molecule has 35 heavy (non-hydrogen) atoms. The third kappa shape index (κ3) is 8.20. The van der Waals surface area contributed by atoms with Crippen LogP contribution in [0, 0.1) is 11.8 Å². The van der Waals surface area contributed by atoms with Crippen LogP contribution < -0.4 is 21.5 Å². The Morgan fingerprint density at radius 3 is 2.49 bits per heavy atom. The number of nitrogens with one attached hydrogen (secondary N) is 3. The Kier molecular flexibility index (Phi) is 9.58. The van der Waals surface area contributed by atoms with E-state index >= 15 is 0 Å². The first-order valence-electron chi connectivity index (χ1n) is 11.7. The Hall–Kier alpha value is -3.21. The molecule has 1 aliphatic rings. The summed E-state index contributed by atoms with van der Waals surface area (Å²) in [4.78, 5) is 63.0. The second-order valence-electron chi connectivity index (χ2n) is 10.1. The van der Waals surface area contributed by atoms with Crippen molar-refractivity contribution >= 4 is 29.4 Å². The number of carbonyl (C=O) groups is 4. The first kappa shape index (κ1) is 28.0. The van der Waals surface area contributed by atoms with E-state index in [1.54, 1.807) is 20.8 Å². The van der Waals surface area contributed by atoms with Crippen molar-refractivity contribution in [1.29, 1.82) is 0 Å². The second kappa shape index (κ2) is 12.0. The number of aliphatic hydroxyl groups is 1. The van der Waals surface area contributed by atoms with Crippen LogP contribution in [0.5, 0.6) is 0 Å². The lowest BCUT2D eigenvalue weighted by molar-refractivity contribution is -0.132. The highest BCUT2D eigenvalue weighted by Gasteiger charge is 2.33. The fraction of sp³-hybridized carbons (Fsp3) is 0.625. The van der Waals surface area contributed by atoms with Gasteiger partial charge in [0.25, 0.3) is 5.56 Å². The number of ether oxygens (including phenoxy) is 1. The van der Waals surface area contributed by atoms with E-state index in [2.05, 4.69) is 16.0 Å². The van der Waals surface area contributed by atoms with E-state index in [9.17, 15) is 29.1 Å². The summed E-state index contributed by atoms with van der Waals surface area (Å²) in [5.41, 5.74) is -1.43. The summed E-state index contributed by atoms with van der Waals surface area (Å²) in [6.45, 7) is 8.54. The molecule has 0 radical (unpaired) electrons. The van der Waals surface area contributed by atoms with Crippen LogP contribution in [0.4, 0.5) is 10.5 Å². The molecule has 3 atom stereocenters. The number of pyridine rings is 1. The molecular weight excluding hydrogens is 456 g/mol. The summed E-state index contributed by atoms with van der Waals surface area (Å²) < 4.78 is 6.40. The fourth-order valence-corrected chi connectivity index (χ4v) is 3.86. The van der Waals surface area contributed by atoms with Gasteiger partial charge in [-0.3, -0.25) is 24.5 Å². The number of carbonyl (C=O) groups excluding carboxylic acids is 4. The van der Waals surface area contributed by atoms with Crippen molar-refractivity contribution in [3.8, 4) is 0 Å². The Labute approximate surface area is 204 Å². The molecule has 0 aromatic carbocycles. The van der Waals surface area contributed by atoms with E-state index in [4.69, 9.17) is 4.74 Å². The number of aliphatic hydroxyl groups excluding tert-OH is 1. The summed E-state index contributed by atoms with van der Waals surface area (Å²) in [5, 5.41) is 17.1. The molecule has 2 heterocycles. The molecule has 3 amide bonds. The SMILES string of the molecule is CC(C)C[C@@H](C(=O)N[C@@H](C[C@@H]1CCNC1=O)C(=O)CO)n1cccc(NC(=O)OC(C)(C)C)c1=O. The Bertz CT molecular complexity index is 996. The molecule has 1 aromatic heterocycles. The lowest BCUT2D eigenvalue weighted by Crippen LogP contribution is -2.48. The standard InChI is InChI=1S/C24H36N4O7/c1-14(2)11-18(21(32)26-17(19(30)13-29)12-15-8-9-25-20(15)31)28-10-6-7-16(22(28)33)27-23(34)35-24(3,4)5/h6-7,10,14-15,17-18,29H,8-9,11-13H2,1-5H3,(H,25,31)(H,26,32)(H,27,34)/t15-,17-,18-/m0/s1. The zero-order valence-corrected chi connectivity index (χ0v) is 20.9. The largest absolute Gasteiger partial charge is 0.444 e. The molecule has 1 aliphatic heterocycles. The van der Waals surface area contributed by atoms with Crippen molar-refractivity contribution < 1.29 is 29.0 Å². The average molecular weight is 493 g/mol. The summed E-state index contributed by atoms with van der Waals surface area (Å²) in [6.07, 6.45) is 1.48. The molecule has 11 nitrogen and oxygen atoms in total. The van der Waals surface area contributed by atoms with E-state index in [-0.39, 0.29) is 30.4 Å². The third-order valence-corrected chi connectivity index (χ3v) is 5.49. The molecule has 0 unspecified atom stereocenters. The minimum atomic E-state index is -1.07. The number of hydrogen-bond acceptors (Lipinski definition) is 7. The number of rotatable bonds is 10. The second-order valence-corrected chi connectivity index (χ2v) is 10.1. The Balaban J connectivity index is 2.30. The van der Waals surface area contributed by atoms with Crippen molar-refractivity contribution in [3.05, 3.63) is 28.7 Å². The maximum atomic E-state index is 13.3. The van der Waals surface area contributed by atoms with Crippen LogP contribution in [-0.2, 0) is 19.1 Å². The summed E-state index contributed by atoms with van der Waals surface area (Å²) in [7, 11) is 0. The Morgan fingerprint density at radius 2 is 1.94 bits per heavy atom. The van der Waals surface area contributed by atoms with Crippen LogP contribution in [0.15, 0.2) is 23.1 Å². The molecule has 4 N–H and O–H groups in total. The van der Waals surface area contributed by atoms with Crippen molar-refractivity contribution in [2.75, 3.05) is 18.5 Å². The quantitative estimate of drug-likeness (QED) is 0.384. The highest BCUT2D eigenvalue weighted by molar-refractivity contribution is 5.92. The monoisotopic (exact) mass is 492 g/mol. The molecular formula is C24H36N4O7. The van der Waals surface area contributed by atoms with Crippen molar-refractivity contribution in [2.45, 2.75) is 71.6 Å². The van der Waals surface area contributed by atoms with E-state index in [1.807, 2.05) is 13.8 Å². The zero-order valence-electron chi connectivity index (χ0n) is 20.9. The van der Waals surface area contributed by atoms with Crippen molar-refractivity contribution in [1.82, 2.24) is 15.2 Å². The highest BCUT2D eigenvalue weighted by atomic mass is 16.6. The van der Waals surface area contributed by atoms with Crippen LogP contribution >= 0.6 is 0 Å². The molecule has 1 aromatic rings. The van der Waals surface area contributed by atoms with Gasteiger partial charge < -0.3 is 25.0 Å². The van der Waals surface area contributed by atoms with E-state index in [1.165, 1.54) is 22.9 Å². The smallest absolute Gasteiger partial charge is 0.412 e. The molecule has 11 heteroatoms. The highest BCUT2D eigenvalue weighted by Crippen LogP contribution is 2.21.